The Morgan fingerprint density at radius 3 is 2.68 bits per heavy atom. The van der Waals surface area contributed by atoms with Crippen molar-refractivity contribution < 1.29 is 17.6 Å². The van der Waals surface area contributed by atoms with Crippen molar-refractivity contribution in [3.05, 3.63) is 35.5 Å². The Morgan fingerprint density at radius 2 is 1.95 bits per heavy atom. The molecule has 0 N–H and O–H groups in total. The Hall–Kier alpha value is -1.85. The van der Waals surface area contributed by atoms with E-state index >= 15 is 0 Å². The van der Waals surface area contributed by atoms with Gasteiger partial charge in [0.05, 0.1) is 5.69 Å². The lowest BCUT2D eigenvalue weighted by Gasteiger charge is -2.05. The molecule has 0 saturated carbocycles. The van der Waals surface area contributed by atoms with Crippen molar-refractivity contribution in [2.24, 2.45) is 0 Å². The molecule has 2 aromatic heterocycles. The number of hydrogen-bond acceptors (Lipinski definition) is 3. The van der Waals surface area contributed by atoms with Gasteiger partial charge in [-0.15, -0.1) is 0 Å². The highest BCUT2D eigenvalue weighted by atomic mass is 19.4. The van der Waals surface area contributed by atoms with Gasteiger partial charge in [0.15, 0.2) is 0 Å². The van der Waals surface area contributed by atoms with Crippen LogP contribution in [-0.4, -0.2) is 9.97 Å². The molecule has 2 aromatic rings. The molecule has 0 unspecified atom stereocenters. The van der Waals surface area contributed by atoms with Crippen LogP contribution in [0.2, 0.25) is 0 Å². The fourth-order valence-corrected chi connectivity index (χ4v) is 2.19. The SMILES string of the molecule is FC(F)(F)c1cc(-c2nc3c(o2)CCCC3)ccn1. The van der Waals surface area contributed by atoms with Crippen LogP contribution in [-0.2, 0) is 19.0 Å². The van der Waals surface area contributed by atoms with Gasteiger partial charge in [0, 0.05) is 18.2 Å². The summed E-state index contributed by atoms with van der Waals surface area (Å²) in [6, 6.07) is 2.45. The van der Waals surface area contributed by atoms with Gasteiger partial charge in [-0.2, -0.15) is 13.2 Å². The van der Waals surface area contributed by atoms with E-state index in [9.17, 15) is 13.2 Å². The fourth-order valence-electron chi connectivity index (χ4n) is 2.19. The first-order valence-corrected chi connectivity index (χ1v) is 6.06. The summed E-state index contributed by atoms with van der Waals surface area (Å²) in [5.41, 5.74) is 0.254. The third-order valence-electron chi connectivity index (χ3n) is 3.14. The number of aromatic nitrogens is 2. The van der Waals surface area contributed by atoms with Crippen LogP contribution >= 0.6 is 0 Å². The zero-order chi connectivity index (χ0) is 13.5. The number of nitrogens with zero attached hydrogens (tertiary/aromatic N) is 2. The highest BCUT2D eigenvalue weighted by Gasteiger charge is 2.33. The molecule has 2 heterocycles. The summed E-state index contributed by atoms with van der Waals surface area (Å²) in [7, 11) is 0. The fraction of sp³-hybridized carbons (Fsp3) is 0.385. The lowest BCUT2D eigenvalue weighted by Crippen LogP contribution is -2.07. The van der Waals surface area contributed by atoms with Gasteiger partial charge >= 0.3 is 6.18 Å². The molecule has 3 rings (SSSR count). The molecule has 6 heteroatoms. The molecule has 0 fully saturated rings. The molecule has 0 spiro atoms. The summed E-state index contributed by atoms with van der Waals surface area (Å²) in [5, 5.41) is 0. The molecule has 0 amide bonds. The predicted octanol–water partition coefficient (Wildman–Crippen LogP) is 3.63. The molecule has 19 heavy (non-hydrogen) atoms. The number of fused-ring (bicyclic) bond motifs is 1. The molecule has 0 saturated heterocycles. The quantitative estimate of drug-likeness (QED) is 0.792. The Bertz CT molecular complexity index is 581. The van der Waals surface area contributed by atoms with E-state index in [-0.39, 0.29) is 5.89 Å². The maximum absolute atomic E-state index is 12.6. The third-order valence-corrected chi connectivity index (χ3v) is 3.14. The van der Waals surface area contributed by atoms with Gasteiger partial charge in [-0.25, -0.2) is 4.98 Å². The Morgan fingerprint density at radius 1 is 1.16 bits per heavy atom. The molecule has 100 valence electrons. The maximum Gasteiger partial charge on any atom is 0.433 e. The minimum absolute atomic E-state index is 0.250. The summed E-state index contributed by atoms with van der Waals surface area (Å²) in [6.45, 7) is 0. The Balaban J connectivity index is 2.00. The Kier molecular flexibility index (Phi) is 2.80. The van der Waals surface area contributed by atoms with E-state index in [1.54, 1.807) is 0 Å². The topological polar surface area (TPSA) is 38.9 Å². The van der Waals surface area contributed by atoms with Gasteiger partial charge in [0.1, 0.15) is 11.5 Å². The highest BCUT2D eigenvalue weighted by Crippen LogP contribution is 2.32. The van der Waals surface area contributed by atoms with Crippen molar-refractivity contribution in [3.63, 3.8) is 0 Å². The van der Waals surface area contributed by atoms with Gasteiger partial charge in [0.2, 0.25) is 5.89 Å². The van der Waals surface area contributed by atoms with Gasteiger partial charge < -0.3 is 4.42 Å². The van der Waals surface area contributed by atoms with Gasteiger partial charge in [-0.3, -0.25) is 4.98 Å². The number of rotatable bonds is 1. The summed E-state index contributed by atoms with van der Waals surface area (Å²) in [6.07, 6.45) is 0.383. The second-order valence-corrected chi connectivity index (χ2v) is 4.52. The molecule has 1 aliphatic rings. The highest BCUT2D eigenvalue weighted by molar-refractivity contribution is 5.54. The van der Waals surface area contributed by atoms with E-state index in [1.165, 1.54) is 6.07 Å². The normalized spacial score (nSPS) is 15.3. The first-order chi connectivity index (χ1) is 9.04. The van der Waals surface area contributed by atoms with Crippen LogP contribution in [0.1, 0.15) is 30.0 Å². The second kappa shape index (κ2) is 4.36. The van der Waals surface area contributed by atoms with Crippen LogP contribution in [0.4, 0.5) is 13.2 Å². The van der Waals surface area contributed by atoms with Crippen molar-refractivity contribution in [1.82, 2.24) is 9.97 Å². The molecule has 1 aliphatic carbocycles. The summed E-state index contributed by atoms with van der Waals surface area (Å²) >= 11 is 0. The zero-order valence-electron chi connectivity index (χ0n) is 10.00. The van der Waals surface area contributed by atoms with E-state index in [1.807, 2.05) is 0 Å². The van der Waals surface area contributed by atoms with Crippen molar-refractivity contribution >= 4 is 0 Å². The minimum Gasteiger partial charge on any atom is -0.441 e. The van der Waals surface area contributed by atoms with E-state index in [4.69, 9.17) is 4.42 Å². The molecule has 0 aromatic carbocycles. The average Bonchev–Trinajstić information content (AvgIpc) is 2.81. The summed E-state index contributed by atoms with van der Waals surface area (Å²) < 4.78 is 43.3. The van der Waals surface area contributed by atoms with Crippen molar-refractivity contribution in [2.75, 3.05) is 0 Å². The smallest absolute Gasteiger partial charge is 0.433 e. The minimum atomic E-state index is -4.46. The molecular weight excluding hydrogens is 257 g/mol. The number of pyridine rings is 1. The second-order valence-electron chi connectivity index (χ2n) is 4.52. The molecule has 3 nitrogen and oxygen atoms in total. The van der Waals surface area contributed by atoms with Gasteiger partial charge in [-0.05, 0) is 31.4 Å². The average molecular weight is 268 g/mol. The van der Waals surface area contributed by atoms with Crippen LogP contribution in [0, 0.1) is 0 Å². The molecular formula is C13H11F3N2O. The summed E-state index contributed by atoms with van der Waals surface area (Å²) in [4.78, 5) is 7.61. The van der Waals surface area contributed by atoms with Crippen molar-refractivity contribution in [1.29, 1.82) is 0 Å². The summed E-state index contributed by atoms with van der Waals surface area (Å²) in [5.74, 6) is 1.05. The zero-order valence-corrected chi connectivity index (χ0v) is 10.00. The molecule has 0 atom stereocenters. The largest absolute Gasteiger partial charge is 0.441 e. The Labute approximate surface area is 107 Å². The monoisotopic (exact) mass is 268 g/mol. The number of alkyl halides is 3. The third kappa shape index (κ3) is 2.34. The van der Waals surface area contributed by atoms with E-state index in [2.05, 4.69) is 9.97 Å². The number of halogens is 3. The first-order valence-electron chi connectivity index (χ1n) is 6.06. The van der Waals surface area contributed by atoms with E-state index < -0.39 is 11.9 Å². The van der Waals surface area contributed by atoms with Crippen molar-refractivity contribution in [3.8, 4) is 11.5 Å². The molecule has 0 aliphatic heterocycles. The standard InChI is InChI=1S/C13H11F3N2O/c14-13(15,16)11-7-8(5-6-17-11)12-18-9-3-1-2-4-10(9)19-12/h5-7H,1-4H2. The lowest BCUT2D eigenvalue weighted by molar-refractivity contribution is -0.141. The molecule has 0 bridgehead atoms. The van der Waals surface area contributed by atoms with Crippen LogP contribution in [0.15, 0.2) is 22.7 Å². The van der Waals surface area contributed by atoms with Crippen LogP contribution in [0.25, 0.3) is 11.5 Å². The van der Waals surface area contributed by atoms with Crippen molar-refractivity contribution in [2.45, 2.75) is 31.9 Å². The number of oxazole rings is 1. The van der Waals surface area contributed by atoms with Gasteiger partial charge in [-0.1, -0.05) is 0 Å². The predicted molar refractivity (Wildman–Crippen MR) is 61.4 cm³/mol. The van der Waals surface area contributed by atoms with E-state index in [0.29, 0.717) is 5.56 Å². The first kappa shape index (κ1) is 12.2. The van der Waals surface area contributed by atoms with Crippen LogP contribution < -0.4 is 0 Å². The number of hydrogen-bond donors (Lipinski definition) is 0. The number of aryl methyl sites for hydroxylation is 2. The van der Waals surface area contributed by atoms with E-state index in [0.717, 1.165) is 49.4 Å². The maximum atomic E-state index is 12.6. The molecule has 0 radical (unpaired) electrons. The van der Waals surface area contributed by atoms with Crippen LogP contribution in [0.3, 0.4) is 0 Å². The lowest BCUT2D eigenvalue weighted by atomic mass is 10.0. The van der Waals surface area contributed by atoms with Gasteiger partial charge in [0.25, 0.3) is 0 Å². The van der Waals surface area contributed by atoms with Crippen LogP contribution in [0.5, 0.6) is 0 Å².